The van der Waals surface area contributed by atoms with Gasteiger partial charge in [-0.2, -0.15) is 0 Å². The van der Waals surface area contributed by atoms with Gasteiger partial charge in [-0.3, -0.25) is 9.59 Å². The lowest BCUT2D eigenvalue weighted by atomic mass is 10.1. The van der Waals surface area contributed by atoms with E-state index in [9.17, 15) is 14.4 Å². The fourth-order valence-corrected chi connectivity index (χ4v) is 1.11. The van der Waals surface area contributed by atoms with Crippen LogP contribution in [0.5, 0.6) is 0 Å². The molecule has 3 heteroatoms. The van der Waals surface area contributed by atoms with Crippen LogP contribution in [0.4, 0.5) is 0 Å². The van der Waals surface area contributed by atoms with Gasteiger partial charge in [-0.1, -0.05) is 0 Å². The Bertz CT molecular complexity index is 261. The molecule has 11 heavy (non-hydrogen) atoms. The standard InChI is InChI=1S/C8H8O3/c1-5-6(2-3-9)8(11)4-7(5)10/h3H,2,4H2,1H3. The van der Waals surface area contributed by atoms with E-state index < -0.39 is 0 Å². The van der Waals surface area contributed by atoms with Crippen LogP contribution in [0.2, 0.25) is 0 Å². The van der Waals surface area contributed by atoms with E-state index in [1.54, 1.807) is 6.92 Å². The van der Waals surface area contributed by atoms with Crippen LogP contribution < -0.4 is 0 Å². The van der Waals surface area contributed by atoms with Crippen molar-refractivity contribution in [1.82, 2.24) is 0 Å². The van der Waals surface area contributed by atoms with Gasteiger partial charge in [0.1, 0.15) is 6.29 Å². The first-order valence-corrected chi connectivity index (χ1v) is 3.36. The van der Waals surface area contributed by atoms with E-state index in [4.69, 9.17) is 0 Å². The molecule has 0 bridgehead atoms. The number of hydrogen-bond donors (Lipinski definition) is 0. The van der Waals surface area contributed by atoms with E-state index >= 15 is 0 Å². The summed E-state index contributed by atoms with van der Waals surface area (Å²) in [6.45, 7) is 1.59. The number of allylic oxidation sites excluding steroid dienone is 2. The molecule has 3 nitrogen and oxygen atoms in total. The van der Waals surface area contributed by atoms with E-state index in [1.807, 2.05) is 0 Å². The summed E-state index contributed by atoms with van der Waals surface area (Å²) >= 11 is 0. The average molecular weight is 152 g/mol. The molecule has 0 heterocycles. The van der Waals surface area contributed by atoms with E-state index in [1.165, 1.54) is 0 Å². The first-order chi connectivity index (χ1) is 5.16. The second-order valence-corrected chi connectivity index (χ2v) is 2.50. The molecule has 0 unspecified atom stereocenters. The van der Waals surface area contributed by atoms with Gasteiger partial charge in [-0.05, 0) is 12.5 Å². The summed E-state index contributed by atoms with van der Waals surface area (Å²) in [5, 5.41) is 0. The van der Waals surface area contributed by atoms with Crippen molar-refractivity contribution in [2.45, 2.75) is 19.8 Å². The maximum atomic E-state index is 10.9. The Morgan fingerprint density at radius 1 is 1.36 bits per heavy atom. The Kier molecular flexibility index (Phi) is 1.98. The van der Waals surface area contributed by atoms with Gasteiger partial charge in [0, 0.05) is 12.0 Å². The zero-order chi connectivity index (χ0) is 8.43. The molecule has 1 aliphatic rings. The van der Waals surface area contributed by atoms with Gasteiger partial charge in [-0.25, -0.2) is 0 Å². The van der Waals surface area contributed by atoms with Crippen molar-refractivity contribution in [2.24, 2.45) is 0 Å². The van der Waals surface area contributed by atoms with E-state index in [0.29, 0.717) is 17.4 Å². The molecule has 0 aromatic heterocycles. The van der Waals surface area contributed by atoms with Crippen molar-refractivity contribution < 1.29 is 14.4 Å². The van der Waals surface area contributed by atoms with Gasteiger partial charge in [0.2, 0.25) is 0 Å². The van der Waals surface area contributed by atoms with E-state index in [-0.39, 0.29) is 24.4 Å². The molecule has 0 saturated heterocycles. The molecule has 58 valence electrons. The van der Waals surface area contributed by atoms with Crippen LogP contribution in [-0.4, -0.2) is 17.9 Å². The predicted molar refractivity (Wildman–Crippen MR) is 38.0 cm³/mol. The van der Waals surface area contributed by atoms with Crippen molar-refractivity contribution in [3.05, 3.63) is 11.1 Å². The van der Waals surface area contributed by atoms with E-state index in [0.717, 1.165) is 0 Å². The van der Waals surface area contributed by atoms with Crippen LogP contribution in [0.1, 0.15) is 19.8 Å². The molecular formula is C8H8O3. The lowest BCUT2D eigenvalue weighted by Crippen LogP contribution is -1.97. The Balaban J connectivity index is 2.96. The quantitative estimate of drug-likeness (QED) is 0.426. The number of carbonyl (C=O) groups is 3. The summed E-state index contributed by atoms with van der Waals surface area (Å²) in [7, 11) is 0. The van der Waals surface area contributed by atoms with Crippen LogP contribution in [0.25, 0.3) is 0 Å². The summed E-state index contributed by atoms with van der Waals surface area (Å²) in [4.78, 5) is 31.9. The molecule has 0 radical (unpaired) electrons. The normalized spacial score (nSPS) is 17.9. The van der Waals surface area contributed by atoms with E-state index in [2.05, 4.69) is 0 Å². The molecule has 1 aliphatic carbocycles. The number of aldehydes is 1. The van der Waals surface area contributed by atoms with Crippen LogP contribution >= 0.6 is 0 Å². The largest absolute Gasteiger partial charge is 0.303 e. The maximum Gasteiger partial charge on any atom is 0.167 e. The number of rotatable bonds is 2. The molecule has 0 aliphatic heterocycles. The summed E-state index contributed by atoms with van der Waals surface area (Å²) in [5.74, 6) is -0.341. The first-order valence-electron chi connectivity index (χ1n) is 3.36. The monoisotopic (exact) mass is 152 g/mol. The van der Waals surface area contributed by atoms with Crippen LogP contribution in [-0.2, 0) is 14.4 Å². The van der Waals surface area contributed by atoms with Crippen LogP contribution in [0, 0.1) is 0 Å². The SMILES string of the molecule is CC1=C(CC=O)C(=O)CC1=O. The fourth-order valence-electron chi connectivity index (χ4n) is 1.11. The van der Waals surface area contributed by atoms with Crippen LogP contribution in [0.3, 0.4) is 0 Å². The summed E-state index contributed by atoms with van der Waals surface area (Å²) in [6, 6.07) is 0. The molecule has 1 rings (SSSR count). The van der Waals surface area contributed by atoms with Gasteiger partial charge in [0.25, 0.3) is 0 Å². The molecule has 0 fully saturated rings. The third-order valence-corrected chi connectivity index (χ3v) is 1.82. The van der Waals surface area contributed by atoms with Crippen LogP contribution in [0.15, 0.2) is 11.1 Å². The third kappa shape index (κ3) is 1.27. The number of ketones is 2. The minimum atomic E-state index is -0.195. The fraction of sp³-hybridized carbons (Fsp3) is 0.375. The van der Waals surface area contributed by atoms with Gasteiger partial charge >= 0.3 is 0 Å². The zero-order valence-corrected chi connectivity index (χ0v) is 6.22. The summed E-state index contributed by atoms with van der Waals surface area (Å²) in [6.07, 6.45) is 0.681. The second-order valence-electron chi connectivity index (χ2n) is 2.50. The Hall–Kier alpha value is -1.25. The van der Waals surface area contributed by atoms with Gasteiger partial charge in [-0.15, -0.1) is 0 Å². The first kappa shape index (κ1) is 7.85. The predicted octanol–water partition coefficient (Wildman–Crippen LogP) is 0.434. The minimum Gasteiger partial charge on any atom is -0.303 e. The lowest BCUT2D eigenvalue weighted by Gasteiger charge is -1.91. The maximum absolute atomic E-state index is 10.9. The highest BCUT2D eigenvalue weighted by Gasteiger charge is 2.26. The van der Waals surface area contributed by atoms with Crippen molar-refractivity contribution >= 4 is 17.9 Å². The van der Waals surface area contributed by atoms with Crippen molar-refractivity contribution in [3.8, 4) is 0 Å². The molecule has 0 N–H and O–H groups in total. The van der Waals surface area contributed by atoms with Crippen molar-refractivity contribution in [2.75, 3.05) is 0 Å². The molecule has 0 amide bonds. The number of hydrogen-bond acceptors (Lipinski definition) is 3. The smallest absolute Gasteiger partial charge is 0.167 e. The topological polar surface area (TPSA) is 51.2 Å². The highest BCUT2D eigenvalue weighted by molar-refractivity contribution is 6.22. The molecule has 0 saturated carbocycles. The summed E-state index contributed by atoms with van der Waals surface area (Å²) < 4.78 is 0. The lowest BCUT2D eigenvalue weighted by molar-refractivity contribution is -0.121. The average Bonchev–Trinajstić information content (AvgIpc) is 2.17. The zero-order valence-electron chi connectivity index (χ0n) is 6.22. The molecule has 0 spiro atoms. The number of carbonyl (C=O) groups excluding carboxylic acids is 3. The highest BCUT2D eigenvalue weighted by Crippen LogP contribution is 2.20. The highest BCUT2D eigenvalue weighted by atomic mass is 16.2. The van der Waals surface area contributed by atoms with Gasteiger partial charge in [0.15, 0.2) is 11.6 Å². The Morgan fingerprint density at radius 3 is 2.36 bits per heavy atom. The van der Waals surface area contributed by atoms with Gasteiger partial charge < -0.3 is 4.79 Å². The molecule has 0 aromatic carbocycles. The Morgan fingerprint density at radius 2 is 2.00 bits per heavy atom. The van der Waals surface area contributed by atoms with Crippen molar-refractivity contribution in [3.63, 3.8) is 0 Å². The molecule has 0 atom stereocenters. The second kappa shape index (κ2) is 2.78. The summed E-state index contributed by atoms with van der Waals surface area (Å²) in [5.41, 5.74) is 0.854. The third-order valence-electron chi connectivity index (χ3n) is 1.82. The van der Waals surface area contributed by atoms with Crippen molar-refractivity contribution in [1.29, 1.82) is 0 Å². The Labute approximate surface area is 64.1 Å². The van der Waals surface area contributed by atoms with Gasteiger partial charge in [0.05, 0.1) is 6.42 Å². The minimum absolute atomic E-state index is 0.0466. The molecule has 0 aromatic rings. The number of Topliss-reactive ketones (excluding diaryl/α,β-unsaturated/α-hetero) is 2. The molecular weight excluding hydrogens is 144 g/mol.